The van der Waals surface area contributed by atoms with Crippen molar-refractivity contribution in [1.29, 1.82) is 0 Å². The minimum absolute atomic E-state index is 0.274. The van der Waals surface area contributed by atoms with E-state index in [1.165, 1.54) is 45.1 Å². The molecule has 0 aliphatic rings. The van der Waals surface area contributed by atoms with Crippen LogP contribution in [0.3, 0.4) is 0 Å². The maximum atomic E-state index is 3.55. The van der Waals surface area contributed by atoms with Crippen molar-refractivity contribution < 1.29 is 0 Å². The molecule has 0 radical (unpaired) electrons. The Bertz CT molecular complexity index is 184. The third kappa shape index (κ3) is 11.0. The van der Waals surface area contributed by atoms with Crippen LogP contribution >= 0.6 is 0 Å². The molecule has 0 aliphatic carbocycles. The lowest BCUT2D eigenvalue weighted by atomic mass is 10.1. The molecular weight excluding hydrogens is 220 g/mol. The van der Waals surface area contributed by atoms with E-state index in [0.717, 1.165) is 12.6 Å². The van der Waals surface area contributed by atoms with Gasteiger partial charge in [-0.2, -0.15) is 0 Å². The third-order valence-electron chi connectivity index (χ3n) is 3.55. The standard InChI is InChI=1S/C16H36N2/c1-7-12-15(2)18(6)14-11-9-8-10-13-17-16(3,4)5/h15,17H,7-14H2,1-6H3. The van der Waals surface area contributed by atoms with Crippen LogP contribution in [0.4, 0.5) is 0 Å². The van der Waals surface area contributed by atoms with Crippen molar-refractivity contribution in [2.24, 2.45) is 0 Å². The first-order valence-corrected chi connectivity index (χ1v) is 7.82. The van der Waals surface area contributed by atoms with Gasteiger partial charge in [0, 0.05) is 11.6 Å². The Morgan fingerprint density at radius 3 is 2.22 bits per heavy atom. The predicted molar refractivity (Wildman–Crippen MR) is 83.2 cm³/mol. The topological polar surface area (TPSA) is 15.3 Å². The summed E-state index contributed by atoms with van der Waals surface area (Å²) in [6, 6.07) is 0.748. The number of rotatable bonds is 10. The molecule has 0 heterocycles. The summed E-state index contributed by atoms with van der Waals surface area (Å²) in [4.78, 5) is 2.51. The van der Waals surface area contributed by atoms with E-state index in [4.69, 9.17) is 0 Å². The van der Waals surface area contributed by atoms with Crippen LogP contribution in [-0.4, -0.2) is 36.6 Å². The lowest BCUT2D eigenvalue weighted by Gasteiger charge is -2.24. The Morgan fingerprint density at radius 2 is 1.67 bits per heavy atom. The average Bonchev–Trinajstić information content (AvgIpc) is 2.26. The van der Waals surface area contributed by atoms with Crippen LogP contribution in [-0.2, 0) is 0 Å². The Labute approximate surface area is 116 Å². The lowest BCUT2D eigenvalue weighted by Crippen LogP contribution is -2.36. The number of unbranched alkanes of at least 4 members (excludes halogenated alkanes) is 3. The highest BCUT2D eigenvalue weighted by Gasteiger charge is 2.08. The first-order valence-electron chi connectivity index (χ1n) is 7.82. The highest BCUT2D eigenvalue weighted by Crippen LogP contribution is 2.07. The van der Waals surface area contributed by atoms with E-state index in [-0.39, 0.29) is 5.54 Å². The van der Waals surface area contributed by atoms with Crippen molar-refractivity contribution in [3.8, 4) is 0 Å². The van der Waals surface area contributed by atoms with Gasteiger partial charge < -0.3 is 10.2 Å². The van der Waals surface area contributed by atoms with Crippen LogP contribution in [0.15, 0.2) is 0 Å². The largest absolute Gasteiger partial charge is 0.312 e. The molecule has 0 aromatic carbocycles. The molecule has 0 aromatic rings. The first kappa shape index (κ1) is 17.9. The van der Waals surface area contributed by atoms with E-state index in [0.29, 0.717) is 0 Å². The quantitative estimate of drug-likeness (QED) is 0.593. The first-order chi connectivity index (χ1) is 8.37. The van der Waals surface area contributed by atoms with E-state index in [9.17, 15) is 0 Å². The Kier molecular flexibility index (Phi) is 9.76. The zero-order valence-electron chi connectivity index (χ0n) is 13.7. The molecule has 0 aliphatic heterocycles. The van der Waals surface area contributed by atoms with Gasteiger partial charge in [0.05, 0.1) is 0 Å². The van der Waals surface area contributed by atoms with Crippen LogP contribution < -0.4 is 5.32 Å². The van der Waals surface area contributed by atoms with Crippen LogP contribution in [0.25, 0.3) is 0 Å². The zero-order valence-corrected chi connectivity index (χ0v) is 13.7. The number of hydrogen-bond acceptors (Lipinski definition) is 2. The van der Waals surface area contributed by atoms with Gasteiger partial charge in [0.2, 0.25) is 0 Å². The Balaban J connectivity index is 3.35. The van der Waals surface area contributed by atoms with Gasteiger partial charge in [-0.1, -0.05) is 26.2 Å². The van der Waals surface area contributed by atoms with Crippen molar-refractivity contribution in [3.05, 3.63) is 0 Å². The maximum absolute atomic E-state index is 3.55. The highest BCUT2D eigenvalue weighted by atomic mass is 15.1. The minimum atomic E-state index is 0.274. The van der Waals surface area contributed by atoms with E-state index < -0.39 is 0 Å². The molecule has 0 saturated carbocycles. The molecule has 0 aromatic heterocycles. The molecule has 2 heteroatoms. The molecule has 18 heavy (non-hydrogen) atoms. The van der Waals surface area contributed by atoms with Gasteiger partial charge >= 0.3 is 0 Å². The molecule has 110 valence electrons. The number of nitrogens with zero attached hydrogens (tertiary/aromatic N) is 1. The van der Waals surface area contributed by atoms with Gasteiger partial charge in [0.1, 0.15) is 0 Å². The van der Waals surface area contributed by atoms with Crippen LogP contribution in [0, 0.1) is 0 Å². The normalized spacial score (nSPS) is 14.2. The van der Waals surface area contributed by atoms with Crippen molar-refractivity contribution >= 4 is 0 Å². The van der Waals surface area contributed by atoms with Crippen LogP contribution in [0.1, 0.15) is 73.1 Å². The minimum Gasteiger partial charge on any atom is -0.312 e. The second kappa shape index (κ2) is 9.80. The van der Waals surface area contributed by atoms with E-state index in [2.05, 4.69) is 51.9 Å². The van der Waals surface area contributed by atoms with Gasteiger partial charge in [0.25, 0.3) is 0 Å². The maximum Gasteiger partial charge on any atom is 0.00965 e. The van der Waals surface area contributed by atoms with Gasteiger partial charge in [0.15, 0.2) is 0 Å². The molecule has 1 N–H and O–H groups in total. The van der Waals surface area contributed by atoms with E-state index in [1.807, 2.05) is 0 Å². The molecule has 0 saturated heterocycles. The fraction of sp³-hybridized carbons (Fsp3) is 1.00. The molecule has 0 rings (SSSR count). The summed E-state index contributed by atoms with van der Waals surface area (Å²) in [5, 5.41) is 3.55. The van der Waals surface area contributed by atoms with Crippen molar-refractivity contribution in [3.63, 3.8) is 0 Å². The van der Waals surface area contributed by atoms with Crippen molar-refractivity contribution in [2.75, 3.05) is 20.1 Å². The van der Waals surface area contributed by atoms with E-state index >= 15 is 0 Å². The highest BCUT2D eigenvalue weighted by molar-refractivity contribution is 4.69. The average molecular weight is 256 g/mol. The number of hydrogen-bond donors (Lipinski definition) is 1. The molecule has 2 nitrogen and oxygen atoms in total. The third-order valence-corrected chi connectivity index (χ3v) is 3.55. The molecule has 0 spiro atoms. The van der Waals surface area contributed by atoms with Gasteiger partial charge in [-0.05, 0) is 67.1 Å². The fourth-order valence-electron chi connectivity index (χ4n) is 2.16. The lowest BCUT2D eigenvalue weighted by molar-refractivity contribution is 0.239. The molecule has 0 fully saturated rings. The summed E-state index contributed by atoms with van der Waals surface area (Å²) < 4.78 is 0. The summed E-state index contributed by atoms with van der Waals surface area (Å²) in [5.41, 5.74) is 0.274. The summed E-state index contributed by atoms with van der Waals surface area (Å²) >= 11 is 0. The Morgan fingerprint density at radius 1 is 1.06 bits per heavy atom. The zero-order chi connectivity index (χ0) is 14.0. The van der Waals surface area contributed by atoms with Crippen LogP contribution in [0.5, 0.6) is 0 Å². The molecule has 1 unspecified atom stereocenters. The SMILES string of the molecule is CCCC(C)N(C)CCCCCCNC(C)(C)C. The monoisotopic (exact) mass is 256 g/mol. The smallest absolute Gasteiger partial charge is 0.00965 e. The van der Waals surface area contributed by atoms with E-state index in [1.54, 1.807) is 0 Å². The summed E-state index contributed by atoms with van der Waals surface area (Å²) in [7, 11) is 2.27. The van der Waals surface area contributed by atoms with Crippen molar-refractivity contribution in [1.82, 2.24) is 10.2 Å². The molecule has 1 atom stereocenters. The number of nitrogens with one attached hydrogen (secondary N) is 1. The predicted octanol–water partition coefficient (Wildman–Crippen LogP) is 4.06. The Hall–Kier alpha value is -0.0800. The van der Waals surface area contributed by atoms with Crippen LogP contribution in [0.2, 0.25) is 0 Å². The van der Waals surface area contributed by atoms with Gasteiger partial charge in [-0.3, -0.25) is 0 Å². The molecule has 0 bridgehead atoms. The second-order valence-corrected chi connectivity index (χ2v) is 6.71. The molecular formula is C16H36N2. The molecule has 0 amide bonds. The van der Waals surface area contributed by atoms with Gasteiger partial charge in [-0.25, -0.2) is 0 Å². The second-order valence-electron chi connectivity index (χ2n) is 6.71. The summed E-state index contributed by atoms with van der Waals surface area (Å²) in [6.45, 7) is 13.7. The summed E-state index contributed by atoms with van der Waals surface area (Å²) in [5.74, 6) is 0. The van der Waals surface area contributed by atoms with Crippen molar-refractivity contribution in [2.45, 2.75) is 84.7 Å². The summed E-state index contributed by atoms with van der Waals surface area (Å²) in [6.07, 6.45) is 8.01. The van der Waals surface area contributed by atoms with Gasteiger partial charge in [-0.15, -0.1) is 0 Å². The fourth-order valence-corrected chi connectivity index (χ4v) is 2.16.